The lowest BCUT2D eigenvalue weighted by Gasteiger charge is -2.08. The number of Topliss-reactive ketones (excluding diaryl/α,β-unsaturated/α-hetero) is 2. The standard InChI is InChI=1S/C20H14FN3O3S.C14H10FN3O/c21-18-7-6-15(12-19(25)14-8-10-22-11-9-14)17-13-23-24(20(17)18)28(26,27)16-4-2-1-3-5-16;15-12-2-1-10(11-8-17-18-14(11)12)7-13(19)9-3-5-16-6-4-9/h1-11,13H,12H2;1-6,8H,7H2,(H,17,18). The Bertz CT molecular complexity index is 2330. The Kier molecular flexibility index (Phi) is 8.71. The molecule has 0 radical (unpaired) electrons. The molecule has 3 aromatic carbocycles. The molecule has 0 amide bonds. The van der Waals surface area contributed by atoms with E-state index in [-0.39, 0.29) is 46.0 Å². The second-order valence-electron chi connectivity index (χ2n) is 10.3. The molecule has 1 N–H and O–H groups in total. The zero-order chi connectivity index (χ0) is 33.0. The maximum atomic E-state index is 14.5. The van der Waals surface area contributed by atoms with Crippen LogP contribution in [-0.2, 0) is 22.9 Å². The average Bonchev–Trinajstić information content (AvgIpc) is 3.79. The summed E-state index contributed by atoms with van der Waals surface area (Å²) in [6, 6.07) is 19.8. The molecule has 4 aromatic heterocycles. The maximum Gasteiger partial charge on any atom is 0.283 e. The molecule has 13 heteroatoms. The van der Waals surface area contributed by atoms with Crippen molar-refractivity contribution in [3.63, 3.8) is 0 Å². The molecule has 10 nitrogen and oxygen atoms in total. The minimum absolute atomic E-state index is 0.00216. The molecule has 0 aliphatic carbocycles. The van der Waals surface area contributed by atoms with Crippen LogP contribution in [0.1, 0.15) is 31.8 Å². The lowest BCUT2D eigenvalue weighted by atomic mass is 10.0. The van der Waals surface area contributed by atoms with Crippen LogP contribution in [0.2, 0.25) is 0 Å². The zero-order valence-electron chi connectivity index (χ0n) is 24.4. The third-order valence-electron chi connectivity index (χ3n) is 7.37. The summed E-state index contributed by atoms with van der Waals surface area (Å²) in [5.74, 6) is -1.31. The number of benzene rings is 3. The Labute approximate surface area is 266 Å². The molecule has 0 unspecified atom stereocenters. The van der Waals surface area contributed by atoms with Crippen LogP contribution in [0, 0.1) is 11.6 Å². The molecule has 0 saturated carbocycles. The van der Waals surface area contributed by atoms with Crippen LogP contribution in [0.15, 0.2) is 121 Å². The van der Waals surface area contributed by atoms with Gasteiger partial charge in [0.05, 0.1) is 17.3 Å². The first kappa shape index (κ1) is 31.0. The number of aromatic nitrogens is 6. The van der Waals surface area contributed by atoms with Gasteiger partial charge in [-0.3, -0.25) is 24.7 Å². The molecular weight excluding hydrogens is 626 g/mol. The predicted molar refractivity (Wildman–Crippen MR) is 169 cm³/mol. The first-order valence-electron chi connectivity index (χ1n) is 14.2. The SMILES string of the molecule is O=C(Cc1ccc(F)c2[nH]ncc12)c1ccncc1.O=C(Cc1ccc(F)c2c1cnn2S(=O)(=O)c1ccccc1)c1ccncc1. The van der Waals surface area contributed by atoms with Crippen molar-refractivity contribution in [3.05, 3.63) is 150 Å². The van der Waals surface area contributed by atoms with Gasteiger partial charge in [-0.15, -0.1) is 0 Å². The van der Waals surface area contributed by atoms with Gasteiger partial charge in [0.15, 0.2) is 11.6 Å². The second-order valence-corrected chi connectivity index (χ2v) is 12.1. The minimum atomic E-state index is -4.07. The highest BCUT2D eigenvalue weighted by Crippen LogP contribution is 2.27. The highest BCUT2D eigenvalue weighted by atomic mass is 32.2. The number of hydrogen-bond donors (Lipinski definition) is 1. The summed E-state index contributed by atoms with van der Waals surface area (Å²) >= 11 is 0. The van der Waals surface area contributed by atoms with Gasteiger partial charge in [-0.2, -0.15) is 22.7 Å². The molecule has 0 saturated heterocycles. The normalized spacial score (nSPS) is 11.3. The van der Waals surface area contributed by atoms with Crippen molar-refractivity contribution < 1.29 is 26.8 Å². The molecule has 234 valence electrons. The molecule has 4 heterocycles. The van der Waals surface area contributed by atoms with Crippen molar-refractivity contribution in [2.45, 2.75) is 17.7 Å². The summed E-state index contributed by atoms with van der Waals surface area (Å²) in [7, 11) is -4.07. The number of pyridine rings is 2. The van der Waals surface area contributed by atoms with Crippen molar-refractivity contribution in [2.75, 3.05) is 0 Å². The second kappa shape index (κ2) is 13.2. The number of hydrogen-bond acceptors (Lipinski definition) is 8. The number of aromatic amines is 1. The van der Waals surface area contributed by atoms with Crippen LogP contribution in [-0.4, -0.2) is 49.3 Å². The first-order valence-corrected chi connectivity index (χ1v) is 15.6. The van der Waals surface area contributed by atoms with E-state index in [1.54, 1.807) is 60.9 Å². The Morgan fingerprint density at radius 3 is 1.83 bits per heavy atom. The molecule has 0 spiro atoms. The molecule has 47 heavy (non-hydrogen) atoms. The first-order chi connectivity index (χ1) is 22.7. The van der Waals surface area contributed by atoms with Crippen molar-refractivity contribution in [1.29, 1.82) is 0 Å². The summed E-state index contributed by atoms with van der Waals surface area (Å²) in [6.07, 6.45) is 9.17. The molecular formula is C34H24F2N6O4S. The van der Waals surface area contributed by atoms with Gasteiger partial charge in [-0.1, -0.05) is 30.3 Å². The fraction of sp³-hybridized carbons (Fsp3) is 0.0588. The molecule has 0 bridgehead atoms. The number of halogens is 2. The van der Waals surface area contributed by atoms with Gasteiger partial charge in [0, 0.05) is 59.5 Å². The lowest BCUT2D eigenvalue weighted by Crippen LogP contribution is -2.15. The topological polar surface area (TPSA) is 141 Å². The van der Waals surface area contributed by atoms with Gasteiger partial charge < -0.3 is 0 Å². The third kappa shape index (κ3) is 6.42. The van der Waals surface area contributed by atoms with Crippen molar-refractivity contribution in [2.24, 2.45) is 0 Å². The third-order valence-corrected chi connectivity index (χ3v) is 8.97. The number of carbonyl (C=O) groups excluding carboxylic acids is 2. The van der Waals surface area contributed by atoms with Crippen molar-refractivity contribution in [3.8, 4) is 0 Å². The van der Waals surface area contributed by atoms with Crippen LogP contribution in [0.4, 0.5) is 8.78 Å². The van der Waals surface area contributed by atoms with E-state index in [0.29, 0.717) is 31.7 Å². The largest absolute Gasteiger partial charge is 0.294 e. The maximum absolute atomic E-state index is 14.5. The number of H-pyrrole nitrogens is 1. The molecule has 7 rings (SSSR count). The Morgan fingerprint density at radius 1 is 0.681 bits per heavy atom. The molecule has 0 atom stereocenters. The average molecular weight is 651 g/mol. The van der Waals surface area contributed by atoms with Gasteiger partial charge in [0.1, 0.15) is 22.7 Å². The number of ketones is 2. The zero-order valence-corrected chi connectivity index (χ0v) is 25.2. The molecule has 0 aliphatic heterocycles. The van der Waals surface area contributed by atoms with Crippen LogP contribution in [0.3, 0.4) is 0 Å². The van der Waals surface area contributed by atoms with Crippen molar-refractivity contribution in [1.82, 2.24) is 29.4 Å². The van der Waals surface area contributed by atoms with Gasteiger partial charge in [-0.05, 0) is 59.7 Å². The van der Waals surface area contributed by atoms with Gasteiger partial charge in [-0.25, -0.2) is 8.78 Å². The lowest BCUT2D eigenvalue weighted by molar-refractivity contribution is 0.0985. The Morgan fingerprint density at radius 2 is 1.23 bits per heavy atom. The monoisotopic (exact) mass is 650 g/mol. The van der Waals surface area contributed by atoms with E-state index in [4.69, 9.17) is 0 Å². The van der Waals surface area contributed by atoms with E-state index in [1.165, 1.54) is 49.1 Å². The Balaban J connectivity index is 0.000000177. The summed E-state index contributed by atoms with van der Waals surface area (Å²) in [5, 5.41) is 11.2. The van der Waals surface area contributed by atoms with E-state index in [2.05, 4.69) is 25.3 Å². The van der Waals surface area contributed by atoms with E-state index in [1.807, 2.05) is 0 Å². The summed E-state index contributed by atoms with van der Waals surface area (Å²) in [6.45, 7) is 0. The summed E-state index contributed by atoms with van der Waals surface area (Å²) < 4.78 is 54.5. The molecule has 0 fully saturated rings. The summed E-state index contributed by atoms with van der Waals surface area (Å²) in [5.41, 5.74) is 2.47. The number of nitrogens with one attached hydrogen (secondary N) is 1. The predicted octanol–water partition coefficient (Wildman–Crippen LogP) is 5.76. The number of carbonyl (C=O) groups is 2. The van der Waals surface area contributed by atoms with E-state index in [9.17, 15) is 26.8 Å². The van der Waals surface area contributed by atoms with Crippen LogP contribution in [0.5, 0.6) is 0 Å². The Hall–Kier alpha value is -5.95. The smallest absolute Gasteiger partial charge is 0.283 e. The van der Waals surface area contributed by atoms with Gasteiger partial charge in [0.25, 0.3) is 10.0 Å². The fourth-order valence-electron chi connectivity index (χ4n) is 5.00. The van der Waals surface area contributed by atoms with Crippen molar-refractivity contribution >= 4 is 43.4 Å². The molecule has 0 aliphatic rings. The van der Waals surface area contributed by atoms with E-state index >= 15 is 0 Å². The van der Waals surface area contributed by atoms with Crippen LogP contribution >= 0.6 is 0 Å². The molecule has 7 aromatic rings. The highest BCUT2D eigenvalue weighted by molar-refractivity contribution is 7.90. The summed E-state index contributed by atoms with van der Waals surface area (Å²) in [4.78, 5) is 32.4. The van der Waals surface area contributed by atoms with E-state index in [0.717, 1.165) is 11.6 Å². The number of nitrogens with zero attached hydrogens (tertiary/aromatic N) is 5. The highest BCUT2D eigenvalue weighted by Gasteiger charge is 2.24. The van der Waals surface area contributed by atoms with Gasteiger partial charge >= 0.3 is 0 Å². The van der Waals surface area contributed by atoms with Crippen LogP contribution < -0.4 is 0 Å². The number of fused-ring (bicyclic) bond motifs is 2. The van der Waals surface area contributed by atoms with E-state index < -0.39 is 15.8 Å². The quantitative estimate of drug-likeness (QED) is 0.205. The number of rotatable bonds is 8. The fourth-order valence-corrected chi connectivity index (χ4v) is 6.29. The van der Waals surface area contributed by atoms with Crippen LogP contribution in [0.25, 0.3) is 21.8 Å². The van der Waals surface area contributed by atoms with Gasteiger partial charge in [0.2, 0.25) is 0 Å². The minimum Gasteiger partial charge on any atom is -0.294 e.